The van der Waals surface area contributed by atoms with E-state index in [1.807, 2.05) is 0 Å². The first kappa shape index (κ1) is 16.1. The first-order valence-corrected chi connectivity index (χ1v) is 9.06. The number of hydrogen-bond donors (Lipinski definition) is 2. The van der Waals surface area contributed by atoms with Gasteiger partial charge in [-0.1, -0.05) is 12.8 Å². The Bertz CT molecular complexity index is 525. The number of nitrogens with zero attached hydrogens (tertiary/aromatic N) is 1. The average molecular weight is 318 g/mol. The molecule has 2 rings (SSSR count). The van der Waals surface area contributed by atoms with Crippen molar-refractivity contribution in [2.75, 3.05) is 24.6 Å². The molecule has 0 aromatic carbocycles. The highest BCUT2D eigenvalue weighted by Crippen LogP contribution is 2.37. The van der Waals surface area contributed by atoms with Gasteiger partial charge in [-0.05, 0) is 19.8 Å². The van der Waals surface area contributed by atoms with Gasteiger partial charge < -0.3 is 15.3 Å². The van der Waals surface area contributed by atoms with Crippen molar-refractivity contribution in [3.8, 4) is 0 Å². The Morgan fingerprint density at radius 2 is 1.95 bits per heavy atom. The van der Waals surface area contributed by atoms with Crippen LogP contribution in [0.4, 0.5) is 4.79 Å². The van der Waals surface area contributed by atoms with Crippen molar-refractivity contribution in [3.63, 3.8) is 0 Å². The molecule has 0 bridgehead atoms. The van der Waals surface area contributed by atoms with Crippen LogP contribution in [0, 0.1) is 5.41 Å². The van der Waals surface area contributed by atoms with Crippen LogP contribution in [-0.4, -0.2) is 61.1 Å². The lowest BCUT2D eigenvalue weighted by atomic mass is 9.86. The number of carboxylic acid groups (broad SMARTS) is 1. The number of carbonyl (C=O) groups is 2. The number of aliphatic carboxylic acids is 1. The molecule has 0 radical (unpaired) electrons. The van der Waals surface area contributed by atoms with E-state index in [1.165, 1.54) is 4.90 Å². The topological polar surface area (TPSA) is 104 Å². The highest BCUT2D eigenvalue weighted by molar-refractivity contribution is 7.91. The summed E-state index contributed by atoms with van der Waals surface area (Å²) >= 11 is 0. The Balaban J connectivity index is 1.94. The molecule has 1 heterocycles. The van der Waals surface area contributed by atoms with E-state index in [-0.39, 0.29) is 36.7 Å². The molecule has 0 aromatic rings. The third kappa shape index (κ3) is 3.48. The molecule has 2 fully saturated rings. The maximum absolute atomic E-state index is 12.2. The fraction of sp³-hybridized carbons (Fsp3) is 0.846. The number of sulfone groups is 1. The second-order valence-electron chi connectivity index (χ2n) is 6.11. The van der Waals surface area contributed by atoms with Gasteiger partial charge >= 0.3 is 12.0 Å². The average Bonchev–Trinajstić information content (AvgIpc) is 2.85. The zero-order valence-electron chi connectivity index (χ0n) is 12.2. The minimum Gasteiger partial charge on any atom is -0.481 e. The van der Waals surface area contributed by atoms with Gasteiger partial charge in [0.15, 0.2) is 9.84 Å². The highest BCUT2D eigenvalue weighted by atomic mass is 32.2. The maximum atomic E-state index is 12.2. The fourth-order valence-corrected chi connectivity index (χ4v) is 4.72. The van der Waals surface area contributed by atoms with Gasteiger partial charge in [-0.3, -0.25) is 4.79 Å². The molecule has 7 nitrogen and oxygen atoms in total. The summed E-state index contributed by atoms with van der Waals surface area (Å²) in [6.45, 7) is 1.96. The van der Waals surface area contributed by atoms with Gasteiger partial charge in [0, 0.05) is 19.1 Å². The van der Waals surface area contributed by atoms with E-state index < -0.39 is 21.2 Å². The van der Waals surface area contributed by atoms with Crippen LogP contribution in [0.1, 0.15) is 32.6 Å². The second-order valence-corrected chi connectivity index (χ2v) is 8.34. The van der Waals surface area contributed by atoms with Crippen LogP contribution in [0.3, 0.4) is 0 Å². The predicted molar refractivity (Wildman–Crippen MR) is 76.8 cm³/mol. The summed E-state index contributed by atoms with van der Waals surface area (Å²) in [6, 6.07) is -0.752. The Kier molecular flexibility index (Phi) is 4.46. The molecule has 2 amide bonds. The summed E-state index contributed by atoms with van der Waals surface area (Å²) in [5, 5.41) is 12.0. The normalized spacial score (nSPS) is 27.3. The smallest absolute Gasteiger partial charge is 0.317 e. The lowest BCUT2D eigenvalue weighted by molar-refractivity contribution is -0.148. The standard InChI is InChI=1S/C13H22N2O5S/c1-10-8-21(19,20)7-6-15(10)12(18)14-9-13(11(16)17)4-2-3-5-13/h10H,2-9H2,1H3,(H,14,18)(H,16,17). The molecule has 1 atom stereocenters. The van der Waals surface area contributed by atoms with Crippen molar-refractivity contribution < 1.29 is 23.1 Å². The molecular formula is C13H22N2O5S. The van der Waals surface area contributed by atoms with E-state index in [2.05, 4.69) is 5.32 Å². The van der Waals surface area contributed by atoms with Crippen LogP contribution in [0.5, 0.6) is 0 Å². The Hall–Kier alpha value is -1.31. The number of rotatable bonds is 3. The molecule has 1 aliphatic carbocycles. The van der Waals surface area contributed by atoms with E-state index in [4.69, 9.17) is 0 Å². The minimum absolute atomic E-state index is 0.0329. The third-order valence-electron chi connectivity index (χ3n) is 4.52. The molecule has 1 saturated carbocycles. The van der Waals surface area contributed by atoms with Gasteiger partial charge in [0.2, 0.25) is 0 Å². The molecule has 21 heavy (non-hydrogen) atoms. The van der Waals surface area contributed by atoms with Crippen molar-refractivity contribution in [2.24, 2.45) is 5.41 Å². The van der Waals surface area contributed by atoms with Gasteiger partial charge in [-0.25, -0.2) is 13.2 Å². The number of urea groups is 1. The van der Waals surface area contributed by atoms with E-state index >= 15 is 0 Å². The minimum atomic E-state index is -3.07. The number of amides is 2. The van der Waals surface area contributed by atoms with Crippen molar-refractivity contribution in [1.29, 1.82) is 0 Å². The summed E-state index contributed by atoms with van der Waals surface area (Å²) < 4.78 is 23.0. The van der Waals surface area contributed by atoms with Crippen molar-refractivity contribution in [2.45, 2.75) is 38.6 Å². The second kappa shape index (κ2) is 5.82. The van der Waals surface area contributed by atoms with Crippen molar-refractivity contribution in [3.05, 3.63) is 0 Å². The highest BCUT2D eigenvalue weighted by Gasteiger charge is 2.42. The predicted octanol–water partition coefficient (Wildman–Crippen LogP) is 0.460. The van der Waals surface area contributed by atoms with Gasteiger partial charge in [0.25, 0.3) is 0 Å². The van der Waals surface area contributed by atoms with Crippen LogP contribution in [-0.2, 0) is 14.6 Å². The quantitative estimate of drug-likeness (QED) is 0.787. The molecule has 2 aliphatic rings. The van der Waals surface area contributed by atoms with Gasteiger partial charge in [0.1, 0.15) is 0 Å². The van der Waals surface area contributed by atoms with Gasteiger partial charge in [0.05, 0.1) is 16.9 Å². The first-order chi connectivity index (χ1) is 9.76. The zero-order valence-corrected chi connectivity index (χ0v) is 13.0. The third-order valence-corrected chi connectivity index (χ3v) is 6.32. The largest absolute Gasteiger partial charge is 0.481 e. The summed E-state index contributed by atoms with van der Waals surface area (Å²) in [4.78, 5) is 25.1. The Morgan fingerprint density at radius 1 is 1.33 bits per heavy atom. The van der Waals surface area contributed by atoms with E-state index in [0.717, 1.165) is 12.8 Å². The molecule has 120 valence electrons. The number of carbonyl (C=O) groups excluding carboxylic acids is 1. The van der Waals surface area contributed by atoms with E-state index in [9.17, 15) is 23.1 Å². The molecule has 8 heteroatoms. The van der Waals surface area contributed by atoms with Gasteiger partial charge in [-0.15, -0.1) is 0 Å². The number of hydrogen-bond acceptors (Lipinski definition) is 4. The molecule has 0 aromatic heterocycles. The molecule has 1 aliphatic heterocycles. The lowest BCUT2D eigenvalue weighted by Gasteiger charge is -2.34. The van der Waals surface area contributed by atoms with Crippen molar-refractivity contribution >= 4 is 21.8 Å². The molecule has 0 spiro atoms. The number of carboxylic acids is 1. The summed E-state index contributed by atoms with van der Waals surface area (Å²) in [7, 11) is -3.07. The van der Waals surface area contributed by atoms with Crippen LogP contribution in [0.15, 0.2) is 0 Å². The van der Waals surface area contributed by atoms with Crippen molar-refractivity contribution in [1.82, 2.24) is 10.2 Å². The van der Waals surface area contributed by atoms with E-state index in [0.29, 0.717) is 12.8 Å². The fourth-order valence-electron chi connectivity index (χ4n) is 3.16. The summed E-state index contributed by atoms with van der Waals surface area (Å²) in [6.07, 6.45) is 2.88. The zero-order chi connectivity index (χ0) is 15.7. The molecule has 1 saturated heterocycles. The Labute approximate surface area is 124 Å². The monoisotopic (exact) mass is 318 g/mol. The lowest BCUT2D eigenvalue weighted by Crippen LogP contribution is -2.55. The number of nitrogens with one attached hydrogen (secondary N) is 1. The SMILES string of the molecule is CC1CS(=O)(=O)CCN1C(=O)NCC1(C(=O)O)CCCC1. The van der Waals surface area contributed by atoms with Crippen LogP contribution < -0.4 is 5.32 Å². The van der Waals surface area contributed by atoms with Crippen LogP contribution in [0.25, 0.3) is 0 Å². The molecular weight excluding hydrogens is 296 g/mol. The van der Waals surface area contributed by atoms with Gasteiger partial charge in [-0.2, -0.15) is 0 Å². The van der Waals surface area contributed by atoms with Crippen LogP contribution >= 0.6 is 0 Å². The van der Waals surface area contributed by atoms with E-state index in [1.54, 1.807) is 6.92 Å². The maximum Gasteiger partial charge on any atom is 0.317 e. The molecule has 2 N–H and O–H groups in total. The van der Waals surface area contributed by atoms with Crippen LogP contribution in [0.2, 0.25) is 0 Å². The Morgan fingerprint density at radius 3 is 2.48 bits per heavy atom. The summed E-state index contributed by atoms with van der Waals surface area (Å²) in [5.41, 5.74) is -0.860. The molecule has 1 unspecified atom stereocenters. The first-order valence-electron chi connectivity index (χ1n) is 7.24. The summed E-state index contributed by atoms with van der Waals surface area (Å²) in [5.74, 6) is -0.936.